The highest BCUT2D eigenvalue weighted by Crippen LogP contribution is 2.19. The number of nitrogens with two attached hydrogens (primary N) is 1. The van der Waals surface area contributed by atoms with Gasteiger partial charge in [0.25, 0.3) is 0 Å². The lowest BCUT2D eigenvalue weighted by Crippen LogP contribution is -2.39. The van der Waals surface area contributed by atoms with Gasteiger partial charge in [0.05, 0.1) is 6.54 Å². The van der Waals surface area contributed by atoms with Crippen molar-refractivity contribution in [3.05, 3.63) is 17.0 Å². The SMILES string of the molecule is Cc1cnc(Cl)nc1N(CC(N)=O)C(C)C. The molecule has 1 aromatic rings. The fraction of sp³-hybridized carbons (Fsp3) is 0.500. The number of hydrogen-bond donors (Lipinski definition) is 1. The van der Waals surface area contributed by atoms with Gasteiger partial charge in [0.2, 0.25) is 11.2 Å². The normalized spacial score (nSPS) is 10.6. The molecule has 0 aliphatic carbocycles. The molecule has 5 nitrogen and oxygen atoms in total. The minimum atomic E-state index is -0.400. The molecule has 0 spiro atoms. The van der Waals surface area contributed by atoms with Crippen LogP contribution in [0.5, 0.6) is 0 Å². The van der Waals surface area contributed by atoms with Crippen LogP contribution in [0, 0.1) is 6.92 Å². The number of hydrogen-bond acceptors (Lipinski definition) is 4. The summed E-state index contributed by atoms with van der Waals surface area (Å²) in [4.78, 5) is 20.8. The molecule has 0 saturated carbocycles. The number of anilines is 1. The van der Waals surface area contributed by atoms with Crippen molar-refractivity contribution in [2.45, 2.75) is 26.8 Å². The standard InChI is InChI=1S/C10H15ClN4O/c1-6(2)15(5-8(12)16)9-7(3)4-13-10(11)14-9/h4,6H,5H2,1-3H3,(H2,12,16). The molecule has 88 valence electrons. The molecule has 0 saturated heterocycles. The highest BCUT2D eigenvalue weighted by Gasteiger charge is 2.17. The third kappa shape index (κ3) is 3.06. The molecule has 0 atom stereocenters. The number of nitrogens with zero attached hydrogens (tertiary/aromatic N) is 3. The Balaban J connectivity index is 3.09. The van der Waals surface area contributed by atoms with E-state index in [2.05, 4.69) is 9.97 Å². The number of rotatable bonds is 4. The first-order valence-electron chi connectivity index (χ1n) is 4.96. The summed E-state index contributed by atoms with van der Waals surface area (Å²) in [5.41, 5.74) is 6.06. The van der Waals surface area contributed by atoms with E-state index in [9.17, 15) is 4.79 Å². The van der Waals surface area contributed by atoms with Gasteiger partial charge in [0, 0.05) is 17.8 Å². The summed E-state index contributed by atoms with van der Waals surface area (Å²) in [6, 6.07) is 0.108. The lowest BCUT2D eigenvalue weighted by molar-refractivity contribution is -0.116. The summed E-state index contributed by atoms with van der Waals surface area (Å²) >= 11 is 5.74. The molecule has 1 heterocycles. The van der Waals surface area contributed by atoms with Gasteiger partial charge in [0.1, 0.15) is 5.82 Å². The largest absolute Gasteiger partial charge is 0.368 e. The minimum Gasteiger partial charge on any atom is -0.368 e. The number of carbonyl (C=O) groups excluding carboxylic acids is 1. The van der Waals surface area contributed by atoms with Gasteiger partial charge in [-0.3, -0.25) is 4.79 Å². The molecule has 1 aromatic heterocycles. The molecule has 0 aliphatic rings. The van der Waals surface area contributed by atoms with Gasteiger partial charge in [-0.2, -0.15) is 0 Å². The van der Waals surface area contributed by atoms with Crippen molar-refractivity contribution in [1.82, 2.24) is 9.97 Å². The average Bonchev–Trinajstić information content (AvgIpc) is 2.18. The number of primary amides is 1. The Hall–Kier alpha value is -1.36. The second kappa shape index (κ2) is 5.12. The second-order valence-electron chi connectivity index (χ2n) is 3.83. The van der Waals surface area contributed by atoms with Crippen LogP contribution >= 0.6 is 11.6 Å². The fourth-order valence-electron chi connectivity index (χ4n) is 1.37. The first-order valence-corrected chi connectivity index (χ1v) is 5.33. The van der Waals surface area contributed by atoms with Crippen molar-refractivity contribution in [3.63, 3.8) is 0 Å². The van der Waals surface area contributed by atoms with Crippen LogP contribution in [-0.2, 0) is 4.79 Å². The van der Waals surface area contributed by atoms with Crippen molar-refractivity contribution in [2.24, 2.45) is 5.73 Å². The Bertz CT molecular complexity index is 394. The van der Waals surface area contributed by atoms with E-state index in [1.165, 1.54) is 0 Å². The van der Waals surface area contributed by atoms with E-state index in [1.807, 2.05) is 20.8 Å². The lowest BCUT2D eigenvalue weighted by Gasteiger charge is -2.27. The molecular weight excluding hydrogens is 228 g/mol. The summed E-state index contributed by atoms with van der Waals surface area (Å²) in [5.74, 6) is 0.247. The third-order valence-corrected chi connectivity index (χ3v) is 2.32. The summed E-state index contributed by atoms with van der Waals surface area (Å²) in [5, 5.41) is 0.163. The Kier molecular flexibility index (Phi) is 4.06. The number of carbonyl (C=O) groups is 1. The molecule has 6 heteroatoms. The van der Waals surface area contributed by atoms with Crippen molar-refractivity contribution >= 4 is 23.3 Å². The molecular formula is C10H15ClN4O. The van der Waals surface area contributed by atoms with Gasteiger partial charge in [-0.1, -0.05) is 0 Å². The smallest absolute Gasteiger partial charge is 0.237 e. The molecule has 2 N–H and O–H groups in total. The van der Waals surface area contributed by atoms with Crippen molar-refractivity contribution in [2.75, 3.05) is 11.4 Å². The highest BCUT2D eigenvalue weighted by atomic mass is 35.5. The van der Waals surface area contributed by atoms with E-state index in [1.54, 1.807) is 11.1 Å². The van der Waals surface area contributed by atoms with Crippen LogP contribution in [0.15, 0.2) is 6.20 Å². The molecule has 1 amide bonds. The highest BCUT2D eigenvalue weighted by molar-refractivity contribution is 6.28. The molecule has 0 aliphatic heterocycles. The van der Waals surface area contributed by atoms with Crippen molar-refractivity contribution in [1.29, 1.82) is 0 Å². The Morgan fingerprint density at radius 3 is 2.75 bits per heavy atom. The average molecular weight is 243 g/mol. The Labute approximate surface area is 99.6 Å². The number of aryl methyl sites for hydroxylation is 1. The van der Waals surface area contributed by atoms with E-state index in [-0.39, 0.29) is 17.9 Å². The maximum atomic E-state index is 11.0. The second-order valence-corrected chi connectivity index (χ2v) is 4.17. The molecule has 0 bridgehead atoms. The molecule has 16 heavy (non-hydrogen) atoms. The maximum Gasteiger partial charge on any atom is 0.237 e. The number of aromatic nitrogens is 2. The van der Waals surface area contributed by atoms with Crippen LogP contribution in [0.3, 0.4) is 0 Å². The van der Waals surface area contributed by atoms with E-state index in [4.69, 9.17) is 17.3 Å². The summed E-state index contributed by atoms with van der Waals surface area (Å²) in [6.45, 7) is 5.89. The first kappa shape index (κ1) is 12.7. The molecule has 0 aromatic carbocycles. The van der Waals surface area contributed by atoms with Crippen LogP contribution in [0.25, 0.3) is 0 Å². The van der Waals surface area contributed by atoms with Crippen LogP contribution in [0.1, 0.15) is 19.4 Å². The van der Waals surface area contributed by atoms with E-state index in [0.717, 1.165) is 5.56 Å². The lowest BCUT2D eigenvalue weighted by atomic mass is 10.2. The number of amides is 1. The summed E-state index contributed by atoms with van der Waals surface area (Å²) < 4.78 is 0. The topological polar surface area (TPSA) is 72.1 Å². The van der Waals surface area contributed by atoms with E-state index in [0.29, 0.717) is 5.82 Å². The van der Waals surface area contributed by atoms with Gasteiger partial charge in [-0.15, -0.1) is 0 Å². The molecule has 1 rings (SSSR count). The summed E-state index contributed by atoms with van der Waals surface area (Å²) in [7, 11) is 0. The number of halogens is 1. The quantitative estimate of drug-likeness (QED) is 0.804. The molecule has 0 fully saturated rings. The van der Waals surface area contributed by atoms with Gasteiger partial charge < -0.3 is 10.6 Å². The van der Waals surface area contributed by atoms with Gasteiger partial charge in [-0.25, -0.2) is 9.97 Å². The zero-order valence-electron chi connectivity index (χ0n) is 9.57. The van der Waals surface area contributed by atoms with Crippen LogP contribution in [0.2, 0.25) is 5.28 Å². The van der Waals surface area contributed by atoms with E-state index >= 15 is 0 Å². The fourth-order valence-corrected chi connectivity index (χ4v) is 1.50. The Morgan fingerprint density at radius 1 is 1.62 bits per heavy atom. The molecule has 0 unspecified atom stereocenters. The van der Waals surface area contributed by atoms with Crippen LogP contribution < -0.4 is 10.6 Å². The minimum absolute atomic E-state index is 0.108. The van der Waals surface area contributed by atoms with Gasteiger partial charge in [0.15, 0.2) is 0 Å². The zero-order valence-corrected chi connectivity index (χ0v) is 10.3. The summed E-state index contributed by atoms with van der Waals surface area (Å²) in [6.07, 6.45) is 1.63. The zero-order chi connectivity index (χ0) is 12.3. The third-order valence-electron chi connectivity index (χ3n) is 2.14. The van der Waals surface area contributed by atoms with Crippen molar-refractivity contribution in [3.8, 4) is 0 Å². The predicted molar refractivity (Wildman–Crippen MR) is 63.5 cm³/mol. The first-order chi connectivity index (χ1) is 7.41. The van der Waals surface area contributed by atoms with Gasteiger partial charge >= 0.3 is 0 Å². The predicted octanol–water partition coefficient (Wildman–Crippen LogP) is 1.14. The monoisotopic (exact) mass is 242 g/mol. The van der Waals surface area contributed by atoms with Gasteiger partial charge in [-0.05, 0) is 32.4 Å². The maximum absolute atomic E-state index is 11.0. The van der Waals surface area contributed by atoms with Crippen LogP contribution in [-0.4, -0.2) is 28.5 Å². The van der Waals surface area contributed by atoms with Crippen LogP contribution in [0.4, 0.5) is 5.82 Å². The molecule has 0 radical (unpaired) electrons. The van der Waals surface area contributed by atoms with Crippen molar-refractivity contribution < 1.29 is 4.79 Å². The van der Waals surface area contributed by atoms with E-state index < -0.39 is 5.91 Å². The Morgan fingerprint density at radius 2 is 2.25 bits per heavy atom.